The predicted octanol–water partition coefficient (Wildman–Crippen LogP) is -3.65. The van der Waals surface area contributed by atoms with E-state index >= 15 is 0 Å². The maximum atomic E-state index is 8.55. The first-order valence-electron chi connectivity index (χ1n) is 0.730. The van der Waals surface area contributed by atoms with Crippen molar-refractivity contribution < 1.29 is 102 Å². The van der Waals surface area contributed by atoms with Crippen LogP contribution < -0.4 is 14.7 Å². The molecule has 0 bridgehead atoms. The van der Waals surface area contributed by atoms with Crippen molar-refractivity contribution in [2.24, 2.45) is 0 Å². The molecule has 0 aromatic heterocycles. The van der Waals surface area contributed by atoms with Crippen LogP contribution in [0.2, 0.25) is 0 Å². The van der Waals surface area contributed by atoms with Crippen LogP contribution in [-0.4, -0.2) is 5.48 Å². The summed E-state index contributed by atoms with van der Waals surface area (Å²) in [7, 11) is -5.39. The summed E-state index contributed by atoms with van der Waals surface area (Å²) in [6.45, 7) is 0. The fourth-order valence-corrected chi connectivity index (χ4v) is 0. The fourth-order valence-electron chi connectivity index (χ4n) is 0. The Morgan fingerprint density at radius 1 is 1.12 bits per heavy atom. The van der Waals surface area contributed by atoms with Gasteiger partial charge in [0, 0.05) is 77.3 Å². The molecule has 2 N–H and O–H groups in total. The van der Waals surface area contributed by atoms with Gasteiger partial charge >= 0.3 is 0 Å². The molecular weight excluding hydrogens is 390 g/mol. The minimum Gasteiger partial charge on any atom is -0.822 e. The van der Waals surface area contributed by atoms with Crippen LogP contribution in [0.1, 0.15) is 0 Å². The molecule has 0 aliphatic rings. The van der Waals surface area contributed by atoms with Gasteiger partial charge in [-0.05, 0) is 0 Å². The van der Waals surface area contributed by atoms with E-state index in [1.165, 1.54) is 0 Å². The van der Waals surface area contributed by atoms with Crippen LogP contribution in [-0.2, 0) is 4.57 Å². The first kappa shape index (κ1) is 22.4. The summed E-state index contributed by atoms with van der Waals surface area (Å²) in [5.74, 6) is 0. The van der Waals surface area contributed by atoms with Crippen LogP contribution >= 0.6 is 7.82 Å². The molecule has 0 atom stereocenters. The third-order valence-electron chi connectivity index (χ3n) is 0. The molecule has 0 aliphatic carbocycles. The minimum absolute atomic E-state index is 0. The number of rotatable bonds is 0. The van der Waals surface area contributed by atoms with Crippen molar-refractivity contribution in [1.82, 2.24) is 0 Å². The Morgan fingerprint density at radius 3 is 1.12 bits per heavy atom. The Kier molecular flexibility index (Phi) is 27.0. The van der Waals surface area contributed by atoms with Gasteiger partial charge in [0.15, 0.2) is 0 Å². The van der Waals surface area contributed by atoms with Gasteiger partial charge in [0.1, 0.15) is 0 Å². The smallest absolute Gasteiger partial charge is 0 e. The van der Waals surface area contributed by atoms with Gasteiger partial charge in [0.2, 0.25) is 0 Å². The van der Waals surface area contributed by atoms with Gasteiger partial charge in [-0.25, -0.2) is 0 Å². The molecule has 0 aromatic rings. The molecule has 0 amide bonds. The maximum absolute atomic E-state index is 8.55. The van der Waals surface area contributed by atoms with E-state index in [9.17, 15) is 0 Å². The SMILES string of the molecule is O.O=P([O-])([O-])[O-].[Ce].[La]. The normalized spacial score (nSPS) is 7.38. The van der Waals surface area contributed by atoms with Crippen LogP contribution in [0, 0.1) is 77.3 Å². The molecule has 1 radical (unpaired) electrons. The number of hydrogen-bond acceptors (Lipinski definition) is 4. The van der Waals surface area contributed by atoms with Crippen LogP contribution in [0.3, 0.4) is 0 Å². The monoisotopic (exact) mass is 392 g/mol. The molecule has 5 nitrogen and oxygen atoms in total. The summed E-state index contributed by atoms with van der Waals surface area (Å²) in [5, 5.41) is 0. The third-order valence-corrected chi connectivity index (χ3v) is 0. The first-order valence-corrected chi connectivity index (χ1v) is 2.19. The largest absolute Gasteiger partial charge is 0.822 e. The second-order valence-electron chi connectivity index (χ2n) is 0.447. The Hall–Kier alpha value is 2.64. The minimum atomic E-state index is -5.39. The first-order chi connectivity index (χ1) is 2.00. The van der Waals surface area contributed by atoms with E-state index in [1.807, 2.05) is 0 Å². The number of phosphoric acid groups is 1. The Morgan fingerprint density at radius 2 is 1.12 bits per heavy atom. The quantitative estimate of drug-likeness (QED) is 0.395. The Balaban J connectivity index is -0.0000000267. The summed E-state index contributed by atoms with van der Waals surface area (Å²) in [6, 6.07) is 0. The molecule has 0 rings (SSSR count). The van der Waals surface area contributed by atoms with Crippen molar-refractivity contribution in [3.8, 4) is 0 Å². The van der Waals surface area contributed by atoms with E-state index < -0.39 is 7.82 Å². The van der Waals surface area contributed by atoms with Crippen LogP contribution in [0.5, 0.6) is 0 Å². The summed E-state index contributed by atoms with van der Waals surface area (Å²) in [4.78, 5) is 25.6. The molecule has 0 spiro atoms. The van der Waals surface area contributed by atoms with Crippen LogP contribution in [0.25, 0.3) is 0 Å². The molecule has 0 fully saturated rings. The van der Waals surface area contributed by atoms with Crippen molar-refractivity contribution in [1.29, 1.82) is 0 Å². The second-order valence-corrected chi connectivity index (χ2v) is 1.34. The maximum Gasteiger partial charge on any atom is 0 e. The number of hydrogen-bond donors (Lipinski definition) is 0. The van der Waals surface area contributed by atoms with E-state index in [1.54, 1.807) is 0 Å². The zero-order valence-corrected chi connectivity index (χ0v) is 11.3. The van der Waals surface area contributed by atoms with Gasteiger partial charge < -0.3 is 24.7 Å². The van der Waals surface area contributed by atoms with E-state index in [0.717, 1.165) is 0 Å². The van der Waals surface area contributed by atoms with Gasteiger partial charge in [-0.15, -0.1) is 0 Å². The topological polar surface area (TPSA) is 118 Å². The van der Waals surface area contributed by atoms with Crippen molar-refractivity contribution in [3.63, 3.8) is 0 Å². The Bertz CT molecular complexity index is 58.6. The van der Waals surface area contributed by atoms with Gasteiger partial charge in [-0.2, -0.15) is 7.82 Å². The molecule has 0 aliphatic heterocycles. The molecular formula is H2CeLaO5P-3. The summed E-state index contributed by atoms with van der Waals surface area (Å²) in [5.41, 5.74) is 0. The molecule has 0 saturated carbocycles. The molecule has 0 unspecified atom stereocenters. The van der Waals surface area contributed by atoms with Gasteiger partial charge in [0.05, 0.1) is 0 Å². The van der Waals surface area contributed by atoms with Crippen molar-refractivity contribution in [3.05, 3.63) is 0 Å². The molecule has 0 aromatic carbocycles. The zero-order valence-electron chi connectivity index (χ0n) is 3.66. The van der Waals surface area contributed by atoms with Gasteiger partial charge in [-0.3, -0.25) is 0 Å². The summed E-state index contributed by atoms with van der Waals surface area (Å²) in [6.07, 6.45) is 0. The van der Waals surface area contributed by atoms with Crippen molar-refractivity contribution >= 4 is 7.82 Å². The second kappa shape index (κ2) is 9.64. The third kappa shape index (κ3) is 72.3. The Labute approximate surface area is 108 Å². The summed E-state index contributed by atoms with van der Waals surface area (Å²) >= 11 is 0. The molecule has 47 valence electrons. The van der Waals surface area contributed by atoms with Crippen molar-refractivity contribution in [2.45, 2.75) is 0 Å². The van der Waals surface area contributed by atoms with Gasteiger partial charge in [-0.1, -0.05) is 0 Å². The predicted molar refractivity (Wildman–Crippen MR) is 11.2 cm³/mol. The molecule has 8 heavy (non-hydrogen) atoms. The molecule has 0 saturated heterocycles. The van der Waals surface area contributed by atoms with E-state index in [-0.39, 0.29) is 82.8 Å². The summed E-state index contributed by atoms with van der Waals surface area (Å²) < 4.78 is 8.55. The molecule has 0 heterocycles. The standard InChI is InChI=1S/Ce.La.H3O4P.H2O/c;;1-5(2,3)4;/h;;(H3,1,2,3,4);1H2/p-3. The van der Waals surface area contributed by atoms with Crippen LogP contribution in [0.4, 0.5) is 0 Å². The van der Waals surface area contributed by atoms with Gasteiger partial charge in [0.25, 0.3) is 0 Å². The average molecular weight is 392 g/mol. The van der Waals surface area contributed by atoms with E-state index in [4.69, 9.17) is 19.2 Å². The van der Waals surface area contributed by atoms with Crippen molar-refractivity contribution in [2.75, 3.05) is 0 Å². The zero-order chi connectivity index (χ0) is 4.50. The van der Waals surface area contributed by atoms with E-state index in [2.05, 4.69) is 0 Å². The molecule has 8 heteroatoms. The van der Waals surface area contributed by atoms with E-state index in [0.29, 0.717) is 0 Å². The van der Waals surface area contributed by atoms with Crippen LogP contribution in [0.15, 0.2) is 0 Å². The fraction of sp³-hybridized carbons (Fsp3) is 0. The average Bonchev–Trinajstić information content (AvgIpc) is 0.722.